The van der Waals surface area contributed by atoms with Crippen molar-refractivity contribution >= 4 is 48.9 Å². The van der Waals surface area contributed by atoms with Crippen molar-refractivity contribution in [3.8, 4) is 0 Å². The maximum absolute atomic E-state index is 0. The maximum Gasteiger partial charge on any atom is 2.00 e. The first-order valence-corrected chi connectivity index (χ1v) is 0. The molecule has 0 bridgehead atoms. The van der Waals surface area contributed by atoms with E-state index in [2.05, 4.69) is 0 Å². The fourth-order valence-electron chi connectivity index (χ4n) is 0. The molecule has 0 saturated carbocycles. The Hall–Kier alpha value is 1.83. The minimum Gasteiger partial charge on any atom is -1.00 e. The van der Waals surface area contributed by atoms with Gasteiger partial charge in [-0.1, -0.05) is 0 Å². The number of halogens is 2. The van der Waals surface area contributed by atoms with Crippen LogP contribution in [0.15, 0.2) is 0 Å². The third kappa shape index (κ3) is 341. The molecular weight excluding hydrogens is 336 g/mol. The Morgan fingerprint density at radius 2 is 0.273 bits per heavy atom. The Morgan fingerprint density at radius 3 is 0.273 bits per heavy atom. The van der Waals surface area contributed by atoms with E-state index in [4.69, 9.17) is 0 Å². The SMILES string of the molecule is O.O.O.O.O.O.O.O.[Ba+2].[Cl-].[Cl-]. The van der Waals surface area contributed by atoms with Gasteiger partial charge in [-0.05, 0) is 0 Å². The second kappa shape index (κ2) is 414. The van der Waals surface area contributed by atoms with Crippen molar-refractivity contribution in [1.29, 1.82) is 0 Å². The number of hydrogen-bond acceptors (Lipinski definition) is 0. The van der Waals surface area contributed by atoms with E-state index in [0.717, 1.165) is 0 Å². The van der Waals surface area contributed by atoms with E-state index < -0.39 is 0 Å². The second-order valence-corrected chi connectivity index (χ2v) is 0. The van der Waals surface area contributed by atoms with Crippen LogP contribution in [-0.4, -0.2) is 92.7 Å². The molecule has 0 aromatic rings. The molecule has 11 heavy (non-hydrogen) atoms. The summed E-state index contributed by atoms with van der Waals surface area (Å²) in [6.07, 6.45) is 0. The standard InChI is InChI=1S/Ba.2ClH.8H2O/h;2*1H;8*1H2/q+2;;;;;;;;;;/p-2. The van der Waals surface area contributed by atoms with Crippen LogP contribution in [-0.2, 0) is 0 Å². The third-order valence-electron chi connectivity index (χ3n) is 0. The van der Waals surface area contributed by atoms with Crippen molar-refractivity contribution in [3.63, 3.8) is 0 Å². The van der Waals surface area contributed by atoms with Crippen LogP contribution in [0.4, 0.5) is 0 Å². The first-order valence-electron chi connectivity index (χ1n) is 0. The average molecular weight is 352 g/mol. The molecule has 8 nitrogen and oxygen atoms in total. The summed E-state index contributed by atoms with van der Waals surface area (Å²) in [5.41, 5.74) is 0. The van der Waals surface area contributed by atoms with Crippen molar-refractivity contribution < 1.29 is 68.6 Å². The Balaban J connectivity index is 0. The van der Waals surface area contributed by atoms with Crippen molar-refractivity contribution in [2.75, 3.05) is 0 Å². The smallest absolute Gasteiger partial charge is 1.00 e. The summed E-state index contributed by atoms with van der Waals surface area (Å²) >= 11 is 0. The quantitative estimate of drug-likeness (QED) is 0.368. The topological polar surface area (TPSA) is 252 Å². The molecule has 0 aliphatic heterocycles. The molecule has 80 valence electrons. The van der Waals surface area contributed by atoms with Gasteiger partial charge >= 0.3 is 48.9 Å². The van der Waals surface area contributed by atoms with Gasteiger partial charge in [-0.2, -0.15) is 0 Å². The van der Waals surface area contributed by atoms with E-state index in [1.165, 1.54) is 0 Å². The van der Waals surface area contributed by atoms with Crippen molar-refractivity contribution in [1.82, 2.24) is 0 Å². The zero-order chi connectivity index (χ0) is 0. The predicted molar refractivity (Wildman–Crippen MR) is 34.7 cm³/mol. The minimum absolute atomic E-state index is 0. The molecule has 16 N–H and O–H groups in total. The summed E-state index contributed by atoms with van der Waals surface area (Å²) in [6, 6.07) is 0. The van der Waals surface area contributed by atoms with Crippen molar-refractivity contribution in [2.24, 2.45) is 0 Å². The van der Waals surface area contributed by atoms with E-state index in [1.807, 2.05) is 0 Å². The van der Waals surface area contributed by atoms with Crippen LogP contribution >= 0.6 is 0 Å². The molecule has 0 amide bonds. The molecule has 11 heteroatoms. The summed E-state index contributed by atoms with van der Waals surface area (Å²) < 4.78 is 0. The summed E-state index contributed by atoms with van der Waals surface area (Å²) in [7, 11) is 0. The van der Waals surface area contributed by atoms with E-state index >= 15 is 0 Å². The second-order valence-electron chi connectivity index (χ2n) is 0. The van der Waals surface area contributed by atoms with Gasteiger partial charge in [-0.25, -0.2) is 0 Å². The average Bonchev–Trinajstić information content (AvgIpc) is 0. The summed E-state index contributed by atoms with van der Waals surface area (Å²) in [4.78, 5) is 0. The van der Waals surface area contributed by atoms with Crippen molar-refractivity contribution in [2.45, 2.75) is 0 Å². The van der Waals surface area contributed by atoms with Gasteiger partial charge in [0, 0.05) is 0 Å². The molecule has 0 heterocycles. The van der Waals surface area contributed by atoms with E-state index in [1.54, 1.807) is 0 Å². The largest absolute Gasteiger partial charge is 2.00 e. The van der Waals surface area contributed by atoms with Gasteiger partial charge in [-0.3, -0.25) is 0 Å². The normalized spacial score (nSPS) is 0. The van der Waals surface area contributed by atoms with Crippen LogP contribution in [0.25, 0.3) is 0 Å². The molecule has 0 aromatic heterocycles. The molecule has 0 radical (unpaired) electrons. The van der Waals surface area contributed by atoms with Gasteiger partial charge in [0.05, 0.1) is 0 Å². The molecule has 0 saturated heterocycles. The molecule has 0 rings (SSSR count). The Kier molecular flexibility index (Phi) is 20100. The first kappa shape index (κ1) is 536. The summed E-state index contributed by atoms with van der Waals surface area (Å²) in [6.45, 7) is 0. The van der Waals surface area contributed by atoms with Crippen LogP contribution in [0.3, 0.4) is 0 Å². The summed E-state index contributed by atoms with van der Waals surface area (Å²) in [5, 5.41) is 0. The van der Waals surface area contributed by atoms with Crippen LogP contribution in [0.1, 0.15) is 0 Å². The van der Waals surface area contributed by atoms with Crippen LogP contribution in [0.2, 0.25) is 0 Å². The fraction of sp³-hybridized carbons (Fsp3) is 0. The van der Waals surface area contributed by atoms with E-state index in [9.17, 15) is 0 Å². The molecule has 0 aliphatic rings. The van der Waals surface area contributed by atoms with E-state index in [-0.39, 0.29) is 118 Å². The molecular formula is H16BaCl2O8. The molecule has 0 unspecified atom stereocenters. The van der Waals surface area contributed by atoms with Crippen LogP contribution in [0, 0.1) is 0 Å². The monoisotopic (exact) mass is 352 g/mol. The zero-order valence-electron chi connectivity index (χ0n) is 5.46. The minimum atomic E-state index is 0. The molecule has 0 aromatic carbocycles. The van der Waals surface area contributed by atoms with Crippen LogP contribution in [0.5, 0.6) is 0 Å². The molecule has 0 atom stereocenters. The Morgan fingerprint density at radius 1 is 0.273 bits per heavy atom. The van der Waals surface area contributed by atoms with Crippen molar-refractivity contribution in [3.05, 3.63) is 0 Å². The van der Waals surface area contributed by atoms with Gasteiger partial charge in [-0.15, -0.1) is 0 Å². The zero-order valence-corrected chi connectivity index (χ0v) is 11.4. The predicted octanol–water partition coefficient (Wildman–Crippen LogP) is -13.0. The fourth-order valence-corrected chi connectivity index (χ4v) is 0. The first-order chi connectivity index (χ1) is 0. The third-order valence-corrected chi connectivity index (χ3v) is 0. The van der Waals surface area contributed by atoms with Gasteiger partial charge in [0.1, 0.15) is 0 Å². The Bertz CT molecular complexity index is 12.1. The van der Waals surface area contributed by atoms with Gasteiger partial charge in [0.2, 0.25) is 0 Å². The number of hydrogen-bond donors (Lipinski definition) is 0. The summed E-state index contributed by atoms with van der Waals surface area (Å²) in [5.74, 6) is 0. The van der Waals surface area contributed by atoms with Crippen LogP contribution < -0.4 is 24.8 Å². The molecule has 0 fully saturated rings. The molecule has 0 spiro atoms. The molecule has 0 aliphatic carbocycles. The maximum atomic E-state index is 0. The van der Waals surface area contributed by atoms with Gasteiger partial charge in [0.15, 0.2) is 0 Å². The van der Waals surface area contributed by atoms with E-state index in [0.29, 0.717) is 0 Å². The Labute approximate surface area is 116 Å². The van der Waals surface area contributed by atoms with Gasteiger partial charge < -0.3 is 68.6 Å². The number of rotatable bonds is 0. The van der Waals surface area contributed by atoms with Gasteiger partial charge in [0.25, 0.3) is 0 Å².